The van der Waals surface area contributed by atoms with E-state index < -0.39 is 5.60 Å². The molecule has 2 aromatic carbocycles. The summed E-state index contributed by atoms with van der Waals surface area (Å²) in [5.41, 5.74) is 9.96. The van der Waals surface area contributed by atoms with Gasteiger partial charge in [-0.15, -0.1) is 0 Å². The molecule has 1 aliphatic heterocycles. The van der Waals surface area contributed by atoms with Crippen molar-refractivity contribution in [2.45, 2.75) is 65.5 Å². The molecule has 2 N–H and O–H groups in total. The zero-order valence-corrected chi connectivity index (χ0v) is 25.5. The molecule has 0 saturated carbocycles. The lowest BCUT2D eigenvalue weighted by atomic mass is 9.91. The number of nitrogens with one attached hydrogen (secondary N) is 1. The number of aliphatic hydroxyl groups is 1. The fraction of sp³-hybridized carbons (Fsp3) is 0.412. The number of rotatable bonds is 9. The van der Waals surface area contributed by atoms with Crippen LogP contribution in [0.3, 0.4) is 0 Å². The maximum atomic E-state index is 12.5. The summed E-state index contributed by atoms with van der Waals surface area (Å²) >= 11 is 0. The Labute approximate surface area is 247 Å². The maximum Gasteiger partial charge on any atom is 0.253 e. The van der Waals surface area contributed by atoms with Crippen molar-refractivity contribution in [3.8, 4) is 22.4 Å². The van der Waals surface area contributed by atoms with Crippen LogP contribution in [0.4, 0.5) is 0 Å². The molecular weight excluding hydrogens is 526 g/mol. The number of aromatic nitrogens is 3. The van der Waals surface area contributed by atoms with Gasteiger partial charge < -0.3 is 15.0 Å². The number of carbonyl (C=O) groups excluding carboxylic acids is 2. The molecule has 8 heteroatoms. The number of H-pyrrole nitrogens is 1. The van der Waals surface area contributed by atoms with Crippen LogP contribution in [0.25, 0.3) is 33.5 Å². The van der Waals surface area contributed by atoms with Gasteiger partial charge in [-0.25, -0.2) is 9.97 Å². The number of hydrogen-bond donors (Lipinski definition) is 2. The smallest absolute Gasteiger partial charge is 0.253 e. The third kappa shape index (κ3) is 6.45. The van der Waals surface area contributed by atoms with Crippen molar-refractivity contribution in [3.05, 3.63) is 70.5 Å². The first-order chi connectivity index (χ1) is 19.9. The first kappa shape index (κ1) is 29.6. The van der Waals surface area contributed by atoms with E-state index in [9.17, 15) is 14.7 Å². The van der Waals surface area contributed by atoms with Gasteiger partial charge in [0.25, 0.3) is 5.91 Å². The number of carbonyl (C=O) groups is 2. The highest BCUT2D eigenvalue weighted by atomic mass is 16.3. The van der Waals surface area contributed by atoms with E-state index in [1.165, 1.54) is 16.7 Å². The second-order valence-corrected chi connectivity index (χ2v) is 12.4. The third-order valence-corrected chi connectivity index (χ3v) is 8.21. The summed E-state index contributed by atoms with van der Waals surface area (Å²) in [6, 6.07) is 10.3. The van der Waals surface area contributed by atoms with E-state index in [1.54, 1.807) is 32.8 Å². The average molecular weight is 568 g/mol. The van der Waals surface area contributed by atoms with Gasteiger partial charge >= 0.3 is 0 Å². The number of hydrogen-bond acceptors (Lipinski definition) is 6. The van der Waals surface area contributed by atoms with Crippen LogP contribution in [0, 0.1) is 13.8 Å². The molecule has 0 saturated heterocycles. The summed E-state index contributed by atoms with van der Waals surface area (Å²) in [5.74, 6) is 0.187. The standard InChI is InChI=1S/C34H41N5O3/c1-21-16-24(17-25-20-39(14-11-27(21)25)13-10-26(40)9-12-34(3,4)42)30-19-36-32-31(37-30)29(18-35-32)23-7-8-28(22(2)15-23)33(41)38(5)6/h7-8,15-19,42H,9-14,20H2,1-6H3,(H,35,36). The highest BCUT2D eigenvalue weighted by Crippen LogP contribution is 2.32. The fourth-order valence-corrected chi connectivity index (χ4v) is 5.73. The SMILES string of the molecule is Cc1cc(-c2c[nH]c3ncc(-c4cc(C)c5c(c4)CN(CCC(=O)CCC(C)(C)O)CC5)nc23)ccc1C(=O)N(C)C. The van der Waals surface area contributed by atoms with E-state index in [0.29, 0.717) is 24.8 Å². The molecule has 5 rings (SSSR count). The van der Waals surface area contributed by atoms with Crippen molar-refractivity contribution in [2.24, 2.45) is 0 Å². The summed E-state index contributed by atoms with van der Waals surface area (Å²) in [5, 5.41) is 9.93. The largest absolute Gasteiger partial charge is 0.390 e. The van der Waals surface area contributed by atoms with Gasteiger partial charge in [0, 0.05) is 69.5 Å². The maximum absolute atomic E-state index is 12.5. The average Bonchev–Trinajstić information content (AvgIpc) is 3.37. The number of benzene rings is 2. The lowest BCUT2D eigenvalue weighted by molar-refractivity contribution is -0.120. The van der Waals surface area contributed by atoms with Crippen LogP contribution >= 0.6 is 0 Å². The molecule has 0 aliphatic carbocycles. The Morgan fingerprint density at radius 1 is 1.07 bits per heavy atom. The number of ketones is 1. The van der Waals surface area contributed by atoms with Crippen LogP contribution in [0.2, 0.25) is 0 Å². The topological polar surface area (TPSA) is 102 Å². The van der Waals surface area contributed by atoms with Crippen molar-refractivity contribution in [1.29, 1.82) is 0 Å². The molecule has 0 fully saturated rings. The number of amides is 1. The van der Waals surface area contributed by atoms with Crippen molar-refractivity contribution < 1.29 is 14.7 Å². The van der Waals surface area contributed by atoms with Crippen molar-refractivity contribution in [2.75, 3.05) is 27.2 Å². The van der Waals surface area contributed by atoms with Gasteiger partial charge in [0.05, 0.1) is 17.5 Å². The summed E-state index contributed by atoms with van der Waals surface area (Å²) in [6.45, 7) is 10.1. The molecule has 220 valence electrons. The van der Waals surface area contributed by atoms with Crippen LogP contribution in [-0.4, -0.2) is 74.3 Å². The minimum Gasteiger partial charge on any atom is -0.390 e. The highest BCUT2D eigenvalue weighted by Gasteiger charge is 2.22. The zero-order chi connectivity index (χ0) is 30.2. The summed E-state index contributed by atoms with van der Waals surface area (Å²) < 4.78 is 0. The van der Waals surface area contributed by atoms with Crippen molar-refractivity contribution in [1.82, 2.24) is 24.8 Å². The Morgan fingerprint density at radius 2 is 1.83 bits per heavy atom. The molecule has 8 nitrogen and oxygen atoms in total. The number of nitrogens with zero attached hydrogens (tertiary/aromatic N) is 4. The van der Waals surface area contributed by atoms with Gasteiger partial charge in [-0.2, -0.15) is 0 Å². The lowest BCUT2D eigenvalue weighted by Crippen LogP contribution is -2.33. The third-order valence-electron chi connectivity index (χ3n) is 8.21. The fourth-order valence-electron chi connectivity index (χ4n) is 5.73. The number of aryl methyl sites for hydroxylation is 2. The van der Waals surface area contributed by atoms with E-state index in [-0.39, 0.29) is 11.7 Å². The number of fused-ring (bicyclic) bond motifs is 2. The molecule has 0 atom stereocenters. The minimum atomic E-state index is -0.809. The number of aromatic amines is 1. The van der Waals surface area contributed by atoms with Gasteiger partial charge in [-0.1, -0.05) is 12.1 Å². The van der Waals surface area contributed by atoms with Crippen LogP contribution in [0.5, 0.6) is 0 Å². The van der Waals surface area contributed by atoms with Gasteiger partial charge in [0.15, 0.2) is 5.65 Å². The van der Waals surface area contributed by atoms with Crippen LogP contribution < -0.4 is 0 Å². The van der Waals surface area contributed by atoms with E-state index in [2.05, 4.69) is 28.9 Å². The molecule has 0 radical (unpaired) electrons. The number of Topliss-reactive ketones (excluding diaryl/α,β-unsaturated/α-hetero) is 1. The summed E-state index contributed by atoms with van der Waals surface area (Å²) in [6.07, 6.45) is 6.11. The quantitative estimate of drug-likeness (QED) is 0.278. The molecule has 1 amide bonds. The molecule has 42 heavy (non-hydrogen) atoms. The van der Waals surface area contributed by atoms with Crippen LogP contribution in [0.15, 0.2) is 42.7 Å². The Hall–Kier alpha value is -3.88. The van der Waals surface area contributed by atoms with Crippen LogP contribution in [-0.2, 0) is 17.8 Å². The summed E-state index contributed by atoms with van der Waals surface area (Å²) in [7, 11) is 3.52. The molecule has 0 spiro atoms. The second-order valence-electron chi connectivity index (χ2n) is 12.4. The normalized spacial score (nSPS) is 13.8. The van der Waals surface area contributed by atoms with E-state index in [4.69, 9.17) is 9.97 Å². The van der Waals surface area contributed by atoms with Crippen molar-refractivity contribution in [3.63, 3.8) is 0 Å². The van der Waals surface area contributed by atoms with E-state index in [1.807, 2.05) is 37.5 Å². The Morgan fingerprint density at radius 3 is 2.55 bits per heavy atom. The van der Waals surface area contributed by atoms with E-state index in [0.717, 1.165) is 65.2 Å². The Kier molecular flexibility index (Phi) is 8.30. The van der Waals surface area contributed by atoms with Crippen molar-refractivity contribution >= 4 is 22.9 Å². The molecule has 2 aromatic heterocycles. The summed E-state index contributed by atoms with van der Waals surface area (Å²) in [4.78, 5) is 41.9. The molecule has 3 heterocycles. The monoisotopic (exact) mass is 567 g/mol. The predicted octanol–water partition coefficient (Wildman–Crippen LogP) is 5.48. The molecule has 4 aromatic rings. The Balaban J connectivity index is 1.38. The van der Waals surface area contributed by atoms with Gasteiger partial charge in [0.1, 0.15) is 11.3 Å². The molecule has 0 unspecified atom stereocenters. The lowest BCUT2D eigenvalue weighted by Gasteiger charge is -2.30. The first-order valence-corrected chi connectivity index (χ1v) is 14.7. The minimum absolute atomic E-state index is 0.0151. The predicted molar refractivity (Wildman–Crippen MR) is 166 cm³/mol. The first-order valence-electron chi connectivity index (χ1n) is 14.7. The van der Waals surface area contributed by atoms with Crippen LogP contribution in [0.1, 0.15) is 65.7 Å². The van der Waals surface area contributed by atoms with Gasteiger partial charge in [-0.3, -0.25) is 14.5 Å². The second kappa shape index (κ2) is 11.8. The highest BCUT2D eigenvalue weighted by molar-refractivity contribution is 5.97. The zero-order valence-electron chi connectivity index (χ0n) is 25.5. The van der Waals surface area contributed by atoms with E-state index >= 15 is 0 Å². The van der Waals surface area contributed by atoms with Gasteiger partial charge in [0.2, 0.25) is 0 Å². The van der Waals surface area contributed by atoms with Gasteiger partial charge in [-0.05, 0) is 86.6 Å². The molecule has 0 bridgehead atoms. The molecule has 1 aliphatic rings. The Bertz CT molecular complexity index is 1650. The molecular formula is C34H41N5O3.